The number of rotatable bonds is 8. The summed E-state index contributed by atoms with van der Waals surface area (Å²) >= 11 is 0. The number of hydrogen-bond donors (Lipinski definition) is 2. The molecule has 0 aliphatic rings. The lowest BCUT2D eigenvalue weighted by Gasteiger charge is -2.18. The molecule has 0 aromatic heterocycles. The number of aliphatic imine (C=N–C) groups is 1. The molecule has 0 saturated heterocycles. The van der Waals surface area contributed by atoms with Gasteiger partial charge in [-0.15, -0.1) is 24.0 Å². The molecular weight excluding hydrogens is 465 g/mol. The number of hydrogen-bond acceptors (Lipinski definition) is 4. The van der Waals surface area contributed by atoms with Crippen molar-refractivity contribution in [1.29, 1.82) is 0 Å². The van der Waals surface area contributed by atoms with Crippen molar-refractivity contribution in [2.24, 2.45) is 4.99 Å². The predicted molar refractivity (Wildman–Crippen MR) is 120 cm³/mol. The van der Waals surface area contributed by atoms with Crippen LogP contribution in [0, 0.1) is 0 Å². The molecule has 0 aliphatic heterocycles. The Kier molecular flexibility index (Phi) is 11.2. The van der Waals surface area contributed by atoms with Gasteiger partial charge in [0.15, 0.2) is 15.8 Å². The molecular formula is C18H32IN3O3S. The summed E-state index contributed by atoms with van der Waals surface area (Å²) in [4.78, 5) is 4.37. The number of para-hydroxylation sites is 1. The average Bonchev–Trinajstić information content (AvgIpc) is 2.54. The van der Waals surface area contributed by atoms with Crippen molar-refractivity contribution in [3.63, 3.8) is 0 Å². The number of nitrogens with one attached hydrogen (secondary N) is 2. The standard InChI is InChI=1S/C18H31N3O3S.HI/c1-6-19-17(21-13-14-25(22,23)18(2,3)4)20-12-11-15-9-7-8-10-16(15)24-5;/h7-10H,6,11-14H2,1-5H3,(H2,19,20,21);1H. The summed E-state index contributed by atoms with van der Waals surface area (Å²) < 4.78 is 28.9. The molecule has 1 aromatic rings. The Balaban J connectivity index is 0.00000625. The molecule has 6 nitrogen and oxygen atoms in total. The molecule has 2 N–H and O–H groups in total. The van der Waals surface area contributed by atoms with Gasteiger partial charge in [-0.1, -0.05) is 18.2 Å². The smallest absolute Gasteiger partial charge is 0.191 e. The molecule has 0 radical (unpaired) electrons. The zero-order valence-corrected chi connectivity index (χ0v) is 19.5. The van der Waals surface area contributed by atoms with Gasteiger partial charge in [0.25, 0.3) is 0 Å². The van der Waals surface area contributed by atoms with Crippen LogP contribution in [0.4, 0.5) is 0 Å². The summed E-state index contributed by atoms with van der Waals surface area (Å²) in [6, 6.07) is 7.89. The number of methoxy groups -OCH3 is 1. The van der Waals surface area contributed by atoms with Crippen LogP contribution in [-0.4, -0.2) is 51.6 Å². The van der Waals surface area contributed by atoms with E-state index in [1.807, 2.05) is 31.2 Å². The SMILES string of the molecule is CCNC(=NCCS(=O)(=O)C(C)(C)C)NCCc1ccccc1OC.I. The highest BCUT2D eigenvalue weighted by molar-refractivity contribution is 14.0. The summed E-state index contributed by atoms with van der Waals surface area (Å²) in [5.41, 5.74) is 1.11. The van der Waals surface area contributed by atoms with Crippen LogP contribution in [0.25, 0.3) is 0 Å². The van der Waals surface area contributed by atoms with Gasteiger partial charge in [-0.2, -0.15) is 0 Å². The molecule has 0 atom stereocenters. The summed E-state index contributed by atoms with van der Waals surface area (Å²) in [6.45, 7) is 8.74. The van der Waals surface area contributed by atoms with Crippen LogP contribution in [0.5, 0.6) is 5.75 Å². The van der Waals surface area contributed by atoms with E-state index in [1.165, 1.54) is 0 Å². The molecule has 1 aromatic carbocycles. The Morgan fingerprint density at radius 1 is 1.19 bits per heavy atom. The van der Waals surface area contributed by atoms with E-state index in [2.05, 4.69) is 15.6 Å². The van der Waals surface area contributed by atoms with E-state index in [9.17, 15) is 8.42 Å². The van der Waals surface area contributed by atoms with E-state index in [0.717, 1.165) is 17.7 Å². The van der Waals surface area contributed by atoms with Crippen LogP contribution < -0.4 is 15.4 Å². The Labute approximate surface area is 175 Å². The lowest BCUT2D eigenvalue weighted by Crippen LogP contribution is -2.39. The van der Waals surface area contributed by atoms with Crippen molar-refractivity contribution in [3.8, 4) is 5.75 Å². The normalized spacial score (nSPS) is 12.3. The maximum atomic E-state index is 12.1. The molecule has 0 unspecified atom stereocenters. The van der Waals surface area contributed by atoms with Crippen molar-refractivity contribution in [3.05, 3.63) is 29.8 Å². The van der Waals surface area contributed by atoms with Gasteiger partial charge < -0.3 is 15.4 Å². The summed E-state index contributed by atoms with van der Waals surface area (Å²) in [6.07, 6.45) is 0.786. The maximum absolute atomic E-state index is 12.1. The molecule has 0 fully saturated rings. The van der Waals surface area contributed by atoms with E-state index in [-0.39, 0.29) is 36.3 Å². The second-order valence-electron chi connectivity index (χ2n) is 6.68. The molecule has 26 heavy (non-hydrogen) atoms. The predicted octanol–water partition coefficient (Wildman–Crippen LogP) is 2.62. The molecule has 0 spiro atoms. The van der Waals surface area contributed by atoms with Crippen molar-refractivity contribution in [1.82, 2.24) is 10.6 Å². The first-order chi connectivity index (χ1) is 11.7. The van der Waals surface area contributed by atoms with E-state index in [0.29, 0.717) is 19.0 Å². The summed E-state index contributed by atoms with van der Waals surface area (Å²) in [5, 5.41) is 6.37. The van der Waals surface area contributed by atoms with Crippen LogP contribution >= 0.6 is 24.0 Å². The number of sulfone groups is 1. The molecule has 0 heterocycles. The van der Waals surface area contributed by atoms with Gasteiger partial charge in [0.1, 0.15) is 5.75 Å². The van der Waals surface area contributed by atoms with Gasteiger partial charge in [-0.05, 0) is 45.7 Å². The van der Waals surface area contributed by atoms with Gasteiger partial charge >= 0.3 is 0 Å². The lowest BCUT2D eigenvalue weighted by molar-refractivity contribution is 0.409. The maximum Gasteiger partial charge on any atom is 0.191 e. The van der Waals surface area contributed by atoms with Crippen LogP contribution in [-0.2, 0) is 16.3 Å². The van der Waals surface area contributed by atoms with Crippen LogP contribution in [0.15, 0.2) is 29.3 Å². The average molecular weight is 497 g/mol. The van der Waals surface area contributed by atoms with Gasteiger partial charge in [0.2, 0.25) is 0 Å². The number of guanidine groups is 1. The monoisotopic (exact) mass is 497 g/mol. The van der Waals surface area contributed by atoms with Crippen LogP contribution in [0.2, 0.25) is 0 Å². The Hall–Kier alpha value is -1.03. The van der Waals surface area contributed by atoms with E-state index in [4.69, 9.17) is 4.74 Å². The van der Waals surface area contributed by atoms with Crippen molar-refractivity contribution in [2.45, 2.75) is 38.9 Å². The fourth-order valence-corrected chi connectivity index (χ4v) is 3.09. The van der Waals surface area contributed by atoms with Crippen molar-refractivity contribution < 1.29 is 13.2 Å². The quantitative estimate of drug-likeness (QED) is 0.328. The second-order valence-corrected chi connectivity index (χ2v) is 9.54. The lowest BCUT2D eigenvalue weighted by atomic mass is 10.1. The largest absolute Gasteiger partial charge is 0.496 e. The Morgan fingerprint density at radius 2 is 1.85 bits per heavy atom. The third-order valence-corrected chi connectivity index (χ3v) is 6.37. The van der Waals surface area contributed by atoms with Gasteiger partial charge in [-0.3, -0.25) is 4.99 Å². The molecule has 0 aliphatic carbocycles. The molecule has 0 bridgehead atoms. The minimum Gasteiger partial charge on any atom is -0.496 e. The Morgan fingerprint density at radius 3 is 2.42 bits per heavy atom. The number of halogens is 1. The number of nitrogens with zero attached hydrogens (tertiary/aromatic N) is 1. The zero-order valence-electron chi connectivity index (χ0n) is 16.3. The minimum absolute atomic E-state index is 0. The molecule has 0 amide bonds. The van der Waals surface area contributed by atoms with Crippen molar-refractivity contribution >= 4 is 39.8 Å². The molecule has 150 valence electrons. The fourth-order valence-electron chi connectivity index (χ4n) is 2.15. The zero-order chi connectivity index (χ0) is 18.9. The fraction of sp³-hybridized carbons (Fsp3) is 0.611. The van der Waals surface area contributed by atoms with Crippen LogP contribution in [0.3, 0.4) is 0 Å². The molecule has 1 rings (SSSR count). The number of ether oxygens (including phenoxy) is 1. The summed E-state index contributed by atoms with van der Waals surface area (Å²) in [7, 11) is -1.50. The first kappa shape index (κ1) is 25.0. The van der Waals surface area contributed by atoms with Crippen molar-refractivity contribution in [2.75, 3.05) is 32.5 Å². The highest BCUT2D eigenvalue weighted by Crippen LogP contribution is 2.17. The third kappa shape index (κ3) is 8.11. The van der Waals surface area contributed by atoms with Gasteiger partial charge in [-0.25, -0.2) is 8.42 Å². The van der Waals surface area contributed by atoms with Gasteiger partial charge in [0.05, 0.1) is 24.2 Å². The molecule has 8 heteroatoms. The first-order valence-electron chi connectivity index (χ1n) is 8.57. The molecule has 0 saturated carbocycles. The topological polar surface area (TPSA) is 79.8 Å². The third-order valence-electron chi connectivity index (χ3n) is 3.79. The second kappa shape index (κ2) is 11.6. The first-order valence-corrected chi connectivity index (χ1v) is 10.2. The summed E-state index contributed by atoms with van der Waals surface area (Å²) in [5.74, 6) is 1.53. The van der Waals surface area contributed by atoms with E-state index in [1.54, 1.807) is 27.9 Å². The highest BCUT2D eigenvalue weighted by atomic mass is 127. The highest BCUT2D eigenvalue weighted by Gasteiger charge is 2.28. The Bertz CT molecular complexity index is 671. The van der Waals surface area contributed by atoms with Gasteiger partial charge in [0, 0.05) is 13.1 Å². The minimum atomic E-state index is -3.16. The van der Waals surface area contributed by atoms with E-state index < -0.39 is 14.6 Å². The van der Waals surface area contributed by atoms with Crippen LogP contribution in [0.1, 0.15) is 33.3 Å². The number of benzene rings is 1. The van der Waals surface area contributed by atoms with E-state index >= 15 is 0 Å².